The Kier molecular flexibility index (Phi) is 5.03. The SMILES string of the molecule is CC1(C)C(Br)=C([C@H](Cl)CBr)CC[C@H]1Br. The van der Waals surface area contributed by atoms with Crippen molar-refractivity contribution in [2.75, 3.05) is 5.33 Å². The van der Waals surface area contributed by atoms with E-state index in [9.17, 15) is 0 Å². The fraction of sp³-hybridized carbons (Fsp3) is 0.800. The molecule has 14 heavy (non-hydrogen) atoms. The first-order valence-corrected chi connectivity index (χ1v) is 7.91. The molecule has 0 aromatic rings. The Labute approximate surface area is 116 Å². The van der Waals surface area contributed by atoms with Crippen LogP contribution in [0.3, 0.4) is 0 Å². The van der Waals surface area contributed by atoms with Gasteiger partial charge in [-0.05, 0) is 18.4 Å². The molecule has 4 heteroatoms. The molecule has 0 fully saturated rings. The van der Waals surface area contributed by atoms with Gasteiger partial charge in [0.25, 0.3) is 0 Å². The lowest BCUT2D eigenvalue weighted by Gasteiger charge is -2.37. The highest BCUT2D eigenvalue weighted by Crippen LogP contribution is 2.48. The normalized spacial score (nSPS) is 29.1. The molecule has 82 valence electrons. The standard InChI is InChI=1S/C10H14Br3Cl/c1-10(2)8(12)4-3-6(9(10)13)7(14)5-11/h7-8H,3-5H2,1-2H3/t7-,8-/m1/s1. The maximum Gasteiger partial charge on any atom is 0.0653 e. The van der Waals surface area contributed by atoms with Gasteiger partial charge in [0.2, 0.25) is 0 Å². The molecule has 0 aromatic heterocycles. The molecular weight excluding hydrogens is 395 g/mol. The predicted octanol–water partition coefficient (Wildman–Crippen LogP) is 5.22. The van der Waals surface area contributed by atoms with E-state index in [1.165, 1.54) is 10.1 Å². The zero-order valence-corrected chi connectivity index (χ0v) is 13.8. The van der Waals surface area contributed by atoms with Crippen LogP contribution < -0.4 is 0 Å². The minimum absolute atomic E-state index is 0.114. The van der Waals surface area contributed by atoms with Crippen molar-refractivity contribution in [2.24, 2.45) is 5.41 Å². The van der Waals surface area contributed by atoms with Crippen LogP contribution in [0.25, 0.3) is 0 Å². The summed E-state index contributed by atoms with van der Waals surface area (Å²) in [7, 11) is 0. The molecule has 0 nitrogen and oxygen atoms in total. The van der Waals surface area contributed by atoms with Crippen LogP contribution in [0.2, 0.25) is 0 Å². The van der Waals surface area contributed by atoms with Gasteiger partial charge in [0, 0.05) is 20.1 Å². The summed E-state index contributed by atoms with van der Waals surface area (Å²) in [5.74, 6) is 0. The number of alkyl halides is 3. The van der Waals surface area contributed by atoms with Crippen LogP contribution in [-0.4, -0.2) is 15.5 Å². The lowest BCUT2D eigenvalue weighted by Crippen LogP contribution is -2.31. The first kappa shape index (κ1) is 13.5. The molecule has 0 radical (unpaired) electrons. The van der Waals surface area contributed by atoms with Crippen LogP contribution in [0.5, 0.6) is 0 Å². The quantitative estimate of drug-likeness (QED) is 0.549. The van der Waals surface area contributed by atoms with Crippen LogP contribution in [0, 0.1) is 5.41 Å². The molecule has 0 aliphatic heterocycles. The average Bonchev–Trinajstić information content (AvgIpc) is 2.14. The molecule has 0 aromatic carbocycles. The Bertz CT molecular complexity index is 248. The number of allylic oxidation sites excluding steroid dienone is 2. The summed E-state index contributed by atoms with van der Waals surface area (Å²) < 4.78 is 1.28. The third kappa shape index (κ3) is 2.58. The van der Waals surface area contributed by atoms with Crippen LogP contribution in [0.4, 0.5) is 0 Å². The molecule has 1 aliphatic rings. The van der Waals surface area contributed by atoms with Crippen LogP contribution in [-0.2, 0) is 0 Å². The lowest BCUT2D eigenvalue weighted by atomic mass is 9.79. The Balaban J connectivity index is 3.01. The van der Waals surface area contributed by atoms with Crippen molar-refractivity contribution in [1.29, 1.82) is 0 Å². The van der Waals surface area contributed by atoms with E-state index in [-0.39, 0.29) is 10.8 Å². The summed E-state index contributed by atoms with van der Waals surface area (Å²) >= 11 is 17.1. The smallest absolute Gasteiger partial charge is 0.0653 e. The average molecular weight is 409 g/mol. The van der Waals surface area contributed by atoms with E-state index in [0.717, 1.165) is 18.2 Å². The topological polar surface area (TPSA) is 0 Å². The van der Waals surface area contributed by atoms with Gasteiger partial charge in [-0.3, -0.25) is 0 Å². The Morgan fingerprint density at radius 2 is 2.14 bits per heavy atom. The van der Waals surface area contributed by atoms with E-state index < -0.39 is 0 Å². The van der Waals surface area contributed by atoms with Crippen molar-refractivity contribution in [2.45, 2.75) is 36.9 Å². The van der Waals surface area contributed by atoms with Crippen molar-refractivity contribution in [1.82, 2.24) is 0 Å². The molecule has 0 saturated carbocycles. The second-order valence-electron chi connectivity index (χ2n) is 4.19. The molecule has 0 amide bonds. The van der Waals surface area contributed by atoms with Crippen LogP contribution >= 0.6 is 59.4 Å². The number of rotatable bonds is 2. The first-order chi connectivity index (χ1) is 6.41. The van der Waals surface area contributed by atoms with Gasteiger partial charge in [0.1, 0.15) is 0 Å². The fourth-order valence-corrected chi connectivity index (χ4v) is 3.95. The fourth-order valence-electron chi connectivity index (χ4n) is 1.69. The highest BCUT2D eigenvalue weighted by molar-refractivity contribution is 9.12. The zero-order chi connectivity index (χ0) is 10.9. The molecule has 0 heterocycles. The molecular formula is C10H14Br3Cl. The van der Waals surface area contributed by atoms with Crippen LogP contribution in [0.1, 0.15) is 26.7 Å². The minimum Gasteiger partial charge on any atom is -0.117 e. The Morgan fingerprint density at radius 3 is 2.64 bits per heavy atom. The molecule has 0 saturated heterocycles. The van der Waals surface area contributed by atoms with Crippen molar-refractivity contribution in [3.8, 4) is 0 Å². The van der Waals surface area contributed by atoms with E-state index in [1.807, 2.05) is 0 Å². The van der Waals surface area contributed by atoms with Gasteiger partial charge in [-0.2, -0.15) is 0 Å². The molecule has 0 spiro atoms. The largest absolute Gasteiger partial charge is 0.117 e. The monoisotopic (exact) mass is 406 g/mol. The Hall–Kier alpha value is 1.47. The maximum atomic E-state index is 6.26. The summed E-state index contributed by atoms with van der Waals surface area (Å²) in [6, 6.07) is 0. The summed E-state index contributed by atoms with van der Waals surface area (Å²) in [5, 5.41) is 0.936. The molecule has 1 aliphatic carbocycles. The zero-order valence-electron chi connectivity index (χ0n) is 8.29. The molecule has 0 bridgehead atoms. The van der Waals surface area contributed by atoms with E-state index in [2.05, 4.69) is 61.6 Å². The third-order valence-corrected chi connectivity index (χ3v) is 7.38. The van der Waals surface area contributed by atoms with Gasteiger partial charge < -0.3 is 0 Å². The Morgan fingerprint density at radius 1 is 1.57 bits per heavy atom. The van der Waals surface area contributed by atoms with E-state index in [4.69, 9.17) is 11.6 Å². The molecule has 0 N–H and O–H groups in total. The molecule has 2 atom stereocenters. The number of hydrogen-bond acceptors (Lipinski definition) is 0. The first-order valence-electron chi connectivity index (χ1n) is 4.64. The predicted molar refractivity (Wildman–Crippen MR) is 75.1 cm³/mol. The van der Waals surface area contributed by atoms with Gasteiger partial charge in [-0.15, -0.1) is 11.6 Å². The van der Waals surface area contributed by atoms with Gasteiger partial charge in [-0.25, -0.2) is 0 Å². The van der Waals surface area contributed by atoms with Gasteiger partial charge in [-0.1, -0.05) is 61.6 Å². The van der Waals surface area contributed by atoms with Crippen molar-refractivity contribution >= 4 is 59.4 Å². The number of halogens is 4. The van der Waals surface area contributed by atoms with Crippen LogP contribution in [0.15, 0.2) is 10.1 Å². The van der Waals surface area contributed by atoms with Gasteiger partial charge >= 0.3 is 0 Å². The third-order valence-electron chi connectivity index (χ3n) is 2.81. The molecule has 1 rings (SSSR count). The lowest BCUT2D eigenvalue weighted by molar-refractivity contribution is 0.409. The van der Waals surface area contributed by atoms with Gasteiger partial charge in [0.05, 0.1) is 5.38 Å². The van der Waals surface area contributed by atoms with Crippen molar-refractivity contribution in [3.63, 3.8) is 0 Å². The summed E-state index contributed by atoms with van der Waals surface area (Å²) in [4.78, 5) is 0.535. The summed E-state index contributed by atoms with van der Waals surface area (Å²) in [6.07, 6.45) is 2.24. The maximum absolute atomic E-state index is 6.26. The molecule has 0 unspecified atom stereocenters. The van der Waals surface area contributed by atoms with Crippen molar-refractivity contribution in [3.05, 3.63) is 10.1 Å². The second kappa shape index (κ2) is 5.20. The van der Waals surface area contributed by atoms with E-state index >= 15 is 0 Å². The summed E-state index contributed by atoms with van der Waals surface area (Å²) in [5.41, 5.74) is 1.51. The van der Waals surface area contributed by atoms with E-state index in [1.54, 1.807) is 0 Å². The van der Waals surface area contributed by atoms with Gasteiger partial charge in [0.15, 0.2) is 0 Å². The highest BCUT2D eigenvalue weighted by Gasteiger charge is 2.37. The second-order valence-corrected chi connectivity index (χ2v) is 7.26. The van der Waals surface area contributed by atoms with E-state index in [0.29, 0.717) is 4.83 Å². The van der Waals surface area contributed by atoms with Crippen molar-refractivity contribution < 1.29 is 0 Å². The minimum atomic E-state index is 0.114. The summed E-state index contributed by atoms with van der Waals surface area (Å²) in [6.45, 7) is 4.49. The number of hydrogen-bond donors (Lipinski definition) is 0. The highest BCUT2D eigenvalue weighted by atomic mass is 79.9.